The Morgan fingerprint density at radius 2 is 2.32 bits per heavy atom. The van der Waals surface area contributed by atoms with Gasteiger partial charge in [0.25, 0.3) is 5.91 Å². The minimum Gasteiger partial charge on any atom is -0.494 e. The third kappa shape index (κ3) is 2.62. The van der Waals surface area contributed by atoms with E-state index in [-0.39, 0.29) is 12.5 Å². The van der Waals surface area contributed by atoms with Gasteiger partial charge in [-0.15, -0.1) is 0 Å². The van der Waals surface area contributed by atoms with Gasteiger partial charge in [-0.1, -0.05) is 18.2 Å². The molecule has 1 saturated heterocycles. The molecule has 0 spiro atoms. The van der Waals surface area contributed by atoms with Gasteiger partial charge in [0.1, 0.15) is 12.8 Å². The normalized spacial score (nSPS) is 18.5. The summed E-state index contributed by atoms with van der Waals surface area (Å²) in [5.74, 6) is 0.240. The molecule has 0 saturated carbocycles. The van der Waals surface area contributed by atoms with Crippen molar-refractivity contribution in [3.05, 3.63) is 36.0 Å². The molecule has 1 fully saturated rings. The number of nitrogens with zero attached hydrogens (tertiary/aromatic N) is 2. The molecule has 3 rings (SSSR count). The first-order valence-corrected chi connectivity index (χ1v) is 7.13. The van der Waals surface area contributed by atoms with E-state index >= 15 is 0 Å². The second-order valence-corrected chi connectivity index (χ2v) is 5.12. The lowest BCUT2D eigenvalue weighted by Gasteiger charge is -2.32. The van der Waals surface area contributed by atoms with Crippen molar-refractivity contribution in [3.63, 3.8) is 0 Å². The summed E-state index contributed by atoms with van der Waals surface area (Å²) in [5, 5.41) is 0.732. The fraction of sp³-hybridized carbons (Fsp3) is 0.375. The van der Waals surface area contributed by atoms with Gasteiger partial charge in [0.05, 0.1) is 31.0 Å². The van der Waals surface area contributed by atoms with Gasteiger partial charge in [-0.25, -0.2) is 4.39 Å². The lowest BCUT2D eigenvalue weighted by atomic mass is 10.1. The summed E-state index contributed by atoms with van der Waals surface area (Å²) in [4.78, 5) is 18.8. The number of halogens is 1. The van der Waals surface area contributed by atoms with Crippen LogP contribution in [0.2, 0.25) is 0 Å². The number of benzene rings is 1. The van der Waals surface area contributed by atoms with Crippen LogP contribution in [0.5, 0.6) is 5.75 Å². The Labute approximate surface area is 127 Å². The van der Waals surface area contributed by atoms with Crippen LogP contribution in [-0.4, -0.2) is 55.4 Å². The number of ether oxygens (including phenoxy) is 2. The Balaban J connectivity index is 2.02. The summed E-state index contributed by atoms with van der Waals surface area (Å²) in [5.41, 5.74) is 1.19. The standard InChI is InChI=1S/C16H17FN2O3/c1-21-14-9-18-13-5-3-2-4-12(13)15(14)16(20)19-6-7-22-11(8-17)10-19/h2-5,9,11H,6-8,10H2,1H3. The maximum atomic E-state index is 12.9. The van der Waals surface area contributed by atoms with Crippen molar-refractivity contribution in [2.75, 3.05) is 33.5 Å². The molecule has 5 nitrogen and oxygen atoms in total. The van der Waals surface area contributed by atoms with Crippen LogP contribution in [0.3, 0.4) is 0 Å². The molecule has 1 amide bonds. The number of carbonyl (C=O) groups is 1. The van der Waals surface area contributed by atoms with Gasteiger partial charge >= 0.3 is 0 Å². The highest BCUT2D eigenvalue weighted by molar-refractivity contribution is 6.08. The first-order chi connectivity index (χ1) is 10.7. The van der Waals surface area contributed by atoms with E-state index in [1.54, 1.807) is 11.1 Å². The summed E-state index contributed by atoms with van der Waals surface area (Å²) in [6.07, 6.45) is 0.986. The number of hydrogen-bond acceptors (Lipinski definition) is 4. The Morgan fingerprint density at radius 3 is 3.09 bits per heavy atom. The summed E-state index contributed by atoms with van der Waals surface area (Å²) in [6.45, 7) is 0.425. The molecular formula is C16H17FN2O3. The van der Waals surface area contributed by atoms with Gasteiger partial charge in [-0.05, 0) is 6.07 Å². The van der Waals surface area contributed by atoms with Crippen LogP contribution in [0.25, 0.3) is 10.9 Å². The van der Waals surface area contributed by atoms with Gasteiger partial charge in [-0.3, -0.25) is 9.78 Å². The van der Waals surface area contributed by atoms with Gasteiger partial charge in [0, 0.05) is 18.5 Å². The SMILES string of the molecule is COc1cnc2ccccc2c1C(=O)N1CCOC(CF)C1. The van der Waals surface area contributed by atoms with Gasteiger partial charge < -0.3 is 14.4 Å². The fourth-order valence-electron chi connectivity index (χ4n) is 2.65. The molecule has 0 aliphatic carbocycles. The van der Waals surface area contributed by atoms with Gasteiger partial charge in [-0.2, -0.15) is 0 Å². The lowest BCUT2D eigenvalue weighted by Crippen LogP contribution is -2.46. The molecular weight excluding hydrogens is 287 g/mol. The van der Waals surface area contributed by atoms with E-state index in [1.807, 2.05) is 24.3 Å². The molecule has 1 aromatic heterocycles. The zero-order chi connectivity index (χ0) is 15.5. The van der Waals surface area contributed by atoms with Gasteiger partial charge in [0.15, 0.2) is 5.75 Å². The molecule has 1 unspecified atom stereocenters. The number of para-hydroxylation sites is 1. The van der Waals surface area contributed by atoms with Crippen molar-refractivity contribution in [3.8, 4) is 5.75 Å². The third-order valence-corrected chi connectivity index (χ3v) is 3.77. The van der Waals surface area contributed by atoms with E-state index in [9.17, 15) is 9.18 Å². The lowest BCUT2D eigenvalue weighted by molar-refractivity contribution is -0.0310. The second-order valence-electron chi connectivity index (χ2n) is 5.12. The van der Waals surface area contributed by atoms with Crippen molar-refractivity contribution in [2.45, 2.75) is 6.10 Å². The number of amides is 1. The number of morpholine rings is 1. The first kappa shape index (κ1) is 14.7. The highest BCUT2D eigenvalue weighted by Gasteiger charge is 2.28. The van der Waals surface area contributed by atoms with Crippen LogP contribution in [0, 0.1) is 0 Å². The van der Waals surface area contributed by atoms with Crippen molar-refractivity contribution >= 4 is 16.8 Å². The summed E-state index contributed by atoms with van der Waals surface area (Å²) < 4.78 is 23.4. The number of rotatable bonds is 3. The molecule has 0 radical (unpaired) electrons. The maximum Gasteiger partial charge on any atom is 0.258 e. The molecule has 2 aromatic rings. The van der Waals surface area contributed by atoms with E-state index in [0.29, 0.717) is 24.5 Å². The average Bonchev–Trinajstić information content (AvgIpc) is 2.60. The van der Waals surface area contributed by atoms with Crippen molar-refractivity contribution in [1.82, 2.24) is 9.88 Å². The molecule has 1 aliphatic rings. The quantitative estimate of drug-likeness (QED) is 0.871. The van der Waals surface area contributed by atoms with Crippen molar-refractivity contribution < 1.29 is 18.7 Å². The second kappa shape index (κ2) is 6.27. The number of methoxy groups -OCH3 is 1. The minimum absolute atomic E-state index is 0.183. The zero-order valence-electron chi connectivity index (χ0n) is 12.3. The molecule has 1 aliphatic heterocycles. The van der Waals surface area contributed by atoms with Crippen LogP contribution < -0.4 is 4.74 Å². The zero-order valence-corrected chi connectivity index (χ0v) is 12.3. The van der Waals surface area contributed by atoms with Crippen LogP contribution >= 0.6 is 0 Å². The Hall–Kier alpha value is -2.21. The average molecular weight is 304 g/mol. The van der Waals surface area contributed by atoms with Crippen LogP contribution in [0.4, 0.5) is 4.39 Å². The number of aromatic nitrogens is 1. The van der Waals surface area contributed by atoms with E-state index in [2.05, 4.69) is 4.98 Å². The largest absolute Gasteiger partial charge is 0.494 e. The fourth-order valence-corrected chi connectivity index (χ4v) is 2.65. The molecule has 1 aromatic carbocycles. The molecule has 1 atom stereocenters. The van der Waals surface area contributed by atoms with Crippen molar-refractivity contribution in [1.29, 1.82) is 0 Å². The molecule has 6 heteroatoms. The first-order valence-electron chi connectivity index (χ1n) is 7.13. The molecule has 0 bridgehead atoms. The summed E-state index contributed by atoms with van der Waals surface area (Å²) in [6, 6.07) is 7.40. The number of carbonyl (C=O) groups excluding carboxylic acids is 1. The predicted molar refractivity (Wildman–Crippen MR) is 79.9 cm³/mol. The maximum absolute atomic E-state index is 12.9. The molecule has 116 valence electrons. The van der Waals surface area contributed by atoms with E-state index < -0.39 is 12.8 Å². The van der Waals surface area contributed by atoms with E-state index in [4.69, 9.17) is 9.47 Å². The van der Waals surface area contributed by atoms with Gasteiger partial charge in [0.2, 0.25) is 0 Å². The number of fused-ring (bicyclic) bond motifs is 1. The highest BCUT2D eigenvalue weighted by Crippen LogP contribution is 2.28. The minimum atomic E-state index is -0.599. The summed E-state index contributed by atoms with van der Waals surface area (Å²) >= 11 is 0. The van der Waals surface area contributed by atoms with Crippen molar-refractivity contribution in [2.24, 2.45) is 0 Å². The molecule has 0 N–H and O–H groups in total. The van der Waals surface area contributed by atoms with Crippen LogP contribution in [0.15, 0.2) is 30.5 Å². The third-order valence-electron chi connectivity index (χ3n) is 3.77. The highest BCUT2D eigenvalue weighted by atomic mass is 19.1. The smallest absolute Gasteiger partial charge is 0.258 e. The number of hydrogen-bond donors (Lipinski definition) is 0. The topological polar surface area (TPSA) is 51.7 Å². The Morgan fingerprint density at radius 1 is 1.50 bits per heavy atom. The number of pyridine rings is 1. The monoisotopic (exact) mass is 304 g/mol. The Bertz CT molecular complexity index is 692. The molecule has 2 heterocycles. The summed E-state index contributed by atoms with van der Waals surface area (Å²) in [7, 11) is 1.51. The molecule has 22 heavy (non-hydrogen) atoms. The Kier molecular flexibility index (Phi) is 4.20. The van der Waals surface area contributed by atoms with E-state index in [0.717, 1.165) is 10.9 Å². The van der Waals surface area contributed by atoms with Crippen LogP contribution in [-0.2, 0) is 4.74 Å². The van der Waals surface area contributed by atoms with Crippen LogP contribution in [0.1, 0.15) is 10.4 Å². The predicted octanol–water partition coefficient (Wildman–Crippen LogP) is 2.05. The van der Waals surface area contributed by atoms with E-state index in [1.165, 1.54) is 7.11 Å². The number of alkyl halides is 1.